The van der Waals surface area contributed by atoms with E-state index >= 15 is 0 Å². The molecule has 6 heteroatoms. The van der Waals surface area contributed by atoms with Crippen molar-refractivity contribution in [3.63, 3.8) is 0 Å². The van der Waals surface area contributed by atoms with Crippen LogP contribution in [0.1, 0.15) is 27.7 Å². The fourth-order valence-corrected chi connectivity index (χ4v) is 5.44. The van der Waals surface area contributed by atoms with Gasteiger partial charge in [0.15, 0.2) is 17.5 Å². The van der Waals surface area contributed by atoms with E-state index in [1.165, 1.54) is 5.56 Å². The van der Waals surface area contributed by atoms with Crippen LogP contribution in [0.15, 0.2) is 133 Å². The molecule has 0 amide bonds. The van der Waals surface area contributed by atoms with E-state index in [1.54, 1.807) is 0 Å². The van der Waals surface area contributed by atoms with Gasteiger partial charge in [-0.25, -0.2) is 15.0 Å². The molecule has 0 aliphatic carbocycles. The SMILES string of the molecule is CC1(C)OB(c2ccc(-c3cccc(-c4nc(-c5ccccc5)nc(-c5ccc(-c6ccccc6)cc5)n4)c3)cc2)OC1(C)C. The van der Waals surface area contributed by atoms with Crippen molar-refractivity contribution in [3.05, 3.63) is 133 Å². The first kappa shape index (κ1) is 28.8. The summed E-state index contributed by atoms with van der Waals surface area (Å²) in [5.74, 6) is 1.90. The van der Waals surface area contributed by atoms with Crippen LogP contribution in [-0.2, 0) is 9.31 Å². The maximum absolute atomic E-state index is 6.25. The van der Waals surface area contributed by atoms with Gasteiger partial charge in [-0.3, -0.25) is 0 Å². The minimum absolute atomic E-state index is 0.378. The summed E-state index contributed by atoms with van der Waals surface area (Å²) in [6.45, 7) is 8.29. The second kappa shape index (κ2) is 11.5. The Morgan fingerprint density at radius 1 is 0.400 bits per heavy atom. The molecule has 1 aliphatic heterocycles. The first-order valence-corrected chi connectivity index (χ1v) is 15.3. The Hall–Kier alpha value is -4.91. The van der Waals surface area contributed by atoms with E-state index in [0.29, 0.717) is 17.5 Å². The Kier molecular flexibility index (Phi) is 7.40. The minimum atomic E-state index is -0.391. The molecule has 5 aromatic carbocycles. The van der Waals surface area contributed by atoms with Crippen molar-refractivity contribution in [2.75, 3.05) is 0 Å². The van der Waals surface area contributed by atoms with Crippen LogP contribution in [-0.4, -0.2) is 33.3 Å². The average Bonchev–Trinajstić information content (AvgIpc) is 3.31. The number of aromatic nitrogens is 3. The smallest absolute Gasteiger partial charge is 0.399 e. The third-order valence-corrected chi connectivity index (χ3v) is 8.81. The predicted molar refractivity (Wildman–Crippen MR) is 183 cm³/mol. The summed E-state index contributed by atoms with van der Waals surface area (Å²) < 4.78 is 12.5. The van der Waals surface area contributed by atoms with Crippen LogP contribution in [0.2, 0.25) is 0 Å². The van der Waals surface area contributed by atoms with Gasteiger partial charge >= 0.3 is 7.12 Å². The lowest BCUT2D eigenvalue weighted by atomic mass is 9.78. The lowest BCUT2D eigenvalue weighted by Gasteiger charge is -2.32. The third kappa shape index (κ3) is 5.83. The summed E-state index contributed by atoms with van der Waals surface area (Å²) in [6.07, 6.45) is 0. The van der Waals surface area contributed by atoms with Gasteiger partial charge in [-0.1, -0.05) is 127 Å². The molecule has 5 nitrogen and oxygen atoms in total. The zero-order valence-corrected chi connectivity index (χ0v) is 25.9. The minimum Gasteiger partial charge on any atom is -0.399 e. The summed E-state index contributed by atoms with van der Waals surface area (Å²) in [4.78, 5) is 14.8. The quantitative estimate of drug-likeness (QED) is 0.183. The van der Waals surface area contributed by atoms with Crippen LogP contribution in [0.25, 0.3) is 56.4 Å². The molecule has 1 fully saturated rings. The fraction of sp³-hybridized carbons (Fsp3) is 0.154. The first-order chi connectivity index (χ1) is 21.8. The molecule has 220 valence electrons. The third-order valence-electron chi connectivity index (χ3n) is 8.81. The van der Waals surface area contributed by atoms with Gasteiger partial charge in [0, 0.05) is 16.7 Å². The van der Waals surface area contributed by atoms with E-state index in [4.69, 9.17) is 24.3 Å². The summed E-state index contributed by atoms with van der Waals surface area (Å²) in [5.41, 5.74) is 7.52. The first-order valence-electron chi connectivity index (χ1n) is 15.3. The van der Waals surface area contributed by atoms with Gasteiger partial charge in [0.1, 0.15) is 0 Å². The topological polar surface area (TPSA) is 57.1 Å². The van der Waals surface area contributed by atoms with Crippen LogP contribution in [0, 0.1) is 0 Å². The molecule has 0 radical (unpaired) electrons. The molecule has 6 aromatic rings. The van der Waals surface area contributed by atoms with Gasteiger partial charge in [0.25, 0.3) is 0 Å². The molecule has 45 heavy (non-hydrogen) atoms. The molecular formula is C39H34BN3O2. The van der Waals surface area contributed by atoms with Crippen LogP contribution in [0.5, 0.6) is 0 Å². The normalized spacial score (nSPS) is 15.2. The standard InChI is InChI=1S/C39H34BN3O2/c1-38(2)39(3,4)45-40(44-38)34-24-22-29(23-25-34)32-16-11-17-33(26-32)37-42-35(30-14-9-6-10-15-30)41-36(43-37)31-20-18-28(19-21-31)27-12-7-5-8-13-27/h5-26H,1-4H3. The molecule has 0 atom stereocenters. The van der Waals surface area contributed by atoms with E-state index in [1.807, 2.05) is 42.5 Å². The Morgan fingerprint density at radius 3 is 1.36 bits per heavy atom. The predicted octanol–water partition coefficient (Wildman–Crippen LogP) is 8.51. The maximum Gasteiger partial charge on any atom is 0.494 e. The number of hydrogen-bond acceptors (Lipinski definition) is 5. The van der Waals surface area contributed by atoms with Gasteiger partial charge in [0.2, 0.25) is 0 Å². The molecule has 7 rings (SSSR count). The summed E-state index contributed by atoms with van der Waals surface area (Å²) in [5, 5.41) is 0. The molecule has 0 spiro atoms. The fourth-order valence-electron chi connectivity index (χ4n) is 5.44. The van der Waals surface area contributed by atoms with Crippen molar-refractivity contribution in [1.29, 1.82) is 0 Å². The summed E-state index contributed by atoms with van der Waals surface area (Å²) >= 11 is 0. The number of rotatable bonds is 6. The van der Waals surface area contributed by atoms with E-state index in [0.717, 1.165) is 38.8 Å². The molecule has 0 unspecified atom stereocenters. The van der Waals surface area contributed by atoms with Crippen LogP contribution in [0.3, 0.4) is 0 Å². The highest BCUT2D eigenvalue weighted by Gasteiger charge is 2.51. The lowest BCUT2D eigenvalue weighted by Crippen LogP contribution is -2.41. The number of benzene rings is 5. The van der Waals surface area contributed by atoms with Crippen LogP contribution < -0.4 is 5.46 Å². The molecule has 0 saturated carbocycles. The van der Waals surface area contributed by atoms with Crippen molar-refractivity contribution >= 4 is 12.6 Å². The Labute approximate surface area is 265 Å². The van der Waals surface area contributed by atoms with Crippen LogP contribution >= 0.6 is 0 Å². The van der Waals surface area contributed by atoms with E-state index in [-0.39, 0.29) is 11.2 Å². The largest absolute Gasteiger partial charge is 0.494 e. The Morgan fingerprint density at radius 2 is 0.778 bits per heavy atom. The maximum atomic E-state index is 6.25. The summed E-state index contributed by atoms with van der Waals surface area (Å²) in [7, 11) is -0.391. The zero-order chi connectivity index (χ0) is 31.0. The van der Waals surface area contributed by atoms with Gasteiger partial charge in [-0.05, 0) is 61.5 Å². The van der Waals surface area contributed by atoms with Crippen molar-refractivity contribution in [1.82, 2.24) is 15.0 Å². The highest BCUT2D eigenvalue weighted by Crippen LogP contribution is 2.37. The number of nitrogens with zero attached hydrogens (tertiary/aromatic N) is 3. The van der Waals surface area contributed by atoms with Crippen molar-refractivity contribution in [3.8, 4) is 56.4 Å². The second-order valence-corrected chi connectivity index (χ2v) is 12.4. The average molecular weight is 588 g/mol. The molecule has 0 N–H and O–H groups in total. The zero-order valence-electron chi connectivity index (χ0n) is 25.9. The Balaban J connectivity index is 1.22. The molecule has 2 heterocycles. The van der Waals surface area contributed by atoms with Gasteiger partial charge < -0.3 is 9.31 Å². The van der Waals surface area contributed by atoms with Gasteiger partial charge in [-0.15, -0.1) is 0 Å². The van der Waals surface area contributed by atoms with Crippen molar-refractivity contribution in [2.24, 2.45) is 0 Å². The van der Waals surface area contributed by atoms with Crippen molar-refractivity contribution in [2.45, 2.75) is 38.9 Å². The highest BCUT2D eigenvalue weighted by molar-refractivity contribution is 6.62. The monoisotopic (exact) mass is 587 g/mol. The Bertz CT molecular complexity index is 1930. The number of hydrogen-bond donors (Lipinski definition) is 0. The molecule has 0 bridgehead atoms. The van der Waals surface area contributed by atoms with E-state index < -0.39 is 7.12 Å². The van der Waals surface area contributed by atoms with Gasteiger partial charge in [-0.2, -0.15) is 0 Å². The molecule has 1 saturated heterocycles. The lowest BCUT2D eigenvalue weighted by molar-refractivity contribution is 0.00578. The molecular weight excluding hydrogens is 553 g/mol. The highest BCUT2D eigenvalue weighted by atomic mass is 16.7. The molecule has 1 aromatic heterocycles. The van der Waals surface area contributed by atoms with E-state index in [2.05, 4.69) is 119 Å². The molecule has 1 aliphatic rings. The van der Waals surface area contributed by atoms with Crippen molar-refractivity contribution < 1.29 is 9.31 Å². The second-order valence-electron chi connectivity index (χ2n) is 12.4. The summed E-state index contributed by atoms with van der Waals surface area (Å²) in [6, 6.07) is 45.5. The van der Waals surface area contributed by atoms with Gasteiger partial charge in [0.05, 0.1) is 11.2 Å². The van der Waals surface area contributed by atoms with E-state index in [9.17, 15) is 0 Å². The van der Waals surface area contributed by atoms with Crippen LogP contribution in [0.4, 0.5) is 0 Å².